The van der Waals surface area contributed by atoms with Gasteiger partial charge in [-0.05, 0) is 31.1 Å². The number of rotatable bonds is 6. The van der Waals surface area contributed by atoms with Crippen molar-refractivity contribution in [2.24, 2.45) is 0 Å². The molecule has 174 valence electrons. The van der Waals surface area contributed by atoms with Gasteiger partial charge in [0.1, 0.15) is 5.82 Å². The Balaban J connectivity index is 1.65. The summed E-state index contributed by atoms with van der Waals surface area (Å²) in [4.78, 5) is 20.0. The monoisotopic (exact) mass is 470 g/mol. The lowest BCUT2D eigenvalue weighted by Gasteiger charge is -2.13. The number of aromatic nitrogens is 4. The third-order valence-electron chi connectivity index (χ3n) is 5.52. The number of nitrogens with one attached hydrogen (secondary N) is 1. The van der Waals surface area contributed by atoms with Gasteiger partial charge in [0, 0.05) is 40.2 Å². The number of nitro groups is 1. The van der Waals surface area contributed by atoms with Crippen LogP contribution in [0.3, 0.4) is 0 Å². The Morgan fingerprint density at radius 1 is 1.14 bits per heavy atom. The Labute approximate surface area is 198 Å². The zero-order chi connectivity index (χ0) is 24.7. The number of phenolic OH excluding ortho intramolecular Hbond substituents is 1. The highest BCUT2D eigenvalue weighted by molar-refractivity contribution is 6.47. The second kappa shape index (κ2) is 8.58. The van der Waals surface area contributed by atoms with Crippen molar-refractivity contribution in [3.05, 3.63) is 70.9 Å². The topological polar surface area (TPSA) is 148 Å². The molecular formula is C23H19BN6O5. The number of nitrogens with zero attached hydrogens (tertiary/aromatic N) is 5. The Morgan fingerprint density at radius 3 is 2.71 bits per heavy atom. The Morgan fingerprint density at radius 2 is 1.97 bits per heavy atom. The van der Waals surface area contributed by atoms with Gasteiger partial charge in [-0.15, -0.1) is 0 Å². The lowest BCUT2D eigenvalue weighted by atomic mass is 9.89. The molecule has 11 nitrogen and oxygen atoms in total. The van der Waals surface area contributed by atoms with E-state index in [1.54, 1.807) is 31.2 Å². The lowest BCUT2D eigenvalue weighted by molar-refractivity contribution is -0.384. The summed E-state index contributed by atoms with van der Waals surface area (Å²) in [5.41, 5.74) is 2.30. The van der Waals surface area contributed by atoms with E-state index in [2.05, 4.69) is 20.4 Å². The molecule has 0 spiro atoms. The largest absolute Gasteiger partial charge is 0.504 e. The minimum atomic E-state index is -0.771. The number of phenols is 1. The van der Waals surface area contributed by atoms with Gasteiger partial charge in [0.25, 0.3) is 5.69 Å². The van der Waals surface area contributed by atoms with Gasteiger partial charge in [-0.25, -0.2) is 9.97 Å². The number of anilines is 2. The molecule has 2 aromatic heterocycles. The van der Waals surface area contributed by atoms with E-state index in [0.717, 1.165) is 10.9 Å². The SMILES string of the molecule is COc1cc2nc(-c3cccc([N+](=O)[O-])c3)nc(Nc3ccc4c(cnn4B(C)O)c3)c2cc1O. The second-order valence-corrected chi connectivity index (χ2v) is 7.86. The molecule has 2 heterocycles. The van der Waals surface area contributed by atoms with E-state index in [1.165, 1.54) is 29.9 Å². The first kappa shape index (κ1) is 22.1. The lowest BCUT2D eigenvalue weighted by Crippen LogP contribution is -2.20. The van der Waals surface area contributed by atoms with E-state index < -0.39 is 12.0 Å². The molecule has 5 rings (SSSR count). The van der Waals surface area contributed by atoms with Crippen LogP contribution in [0.4, 0.5) is 17.2 Å². The number of methoxy groups -OCH3 is 1. The van der Waals surface area contributed by atoms with Crippen molar-refractivity contribution in [1.82, 2.24) is 19.7 Å². The van der Waals surface area contributed by atoms with Crippen molar-refractivity contribution in [1.29, 1.82) is 0 Å². The van der Waals surface area contributed by atoms with E-state index in [9.17, 15) is 20.2 Å². The molecule has 0 unspecified atom stereocenters. The molecule has 0 amide bonds. The maximum atomic E-state index is 11.3. The third-order valence-corrected chi connectivity index (χ3v) is 5.52. The van der Waals surface area contributed by atoms with Crippen LogP contribution < -0.4 is 10.1 Å². The highest BCUT2D eigenvalue weighted by Gasteiger charge is 2.17. The molecule has 0 aliphatic carbocycles. The molecule has 3 aromatic carbocycles. The van der Waals surface area contributed by atoms with Gasteiger partial charge in [-0.2, -0.15) is 5.10 Å². The van der Waals surface area contributed by atoms with Crippen molar-refractivity contribution in [2.75, 3.05) is 12.4 Å². The van der Waals surface area contributed by atoms with Crippen molar-refractivity contribution in [3.8, 4) is 22.9 Å². The van der Waals surface area contributed by atoms with Crippen molar-refractivity contribution in [2.45, 2.75) is 6.82 Å². The maximum Gasteiger partial charge on any atom is 0.431 e. The van der Waals surface area contributed by atoms with Crippen LogP contribution in [0, 0.1) is 10.1 Å². The highest BCUT2D eigenvalue weighted by Crippen LogP contribution is 2.36. The average molecular weight is 470 g/mol. The number of hydrogen-bond donors (Lipinski definition) is 3. The predicted molar refractivity (Wildman–Crippen MR) is 132 cm³/mol. The summed E-state index contributed by atoms with van der Waals surface area (Å²) in [6.07, 6.45) is 1.65. The molecule has 0 aliphatic heterocycles. The third kappa shape index (κ3) is 4.06. The summed E-state index contributed by atoms with van der Waals surface area (Å²) < 4.78 is 6.73. The van der Waals surface area contributed by atoms with Crippen LogP contribution in [-0.4, -0.2) is 48.9 Å². The molecule has 35 heavy (non-hydrogen) atoms. The minimum absolute atomic E-state index is 0.0791. The van der Waals surface area contributed by atoms with Crippen LogP contribution in [0.15, 0.2) is 60.8 Å². The summed E-state index contributed by atoms with van der Waals surface area (Å²) in [6, 6.07) is 14.6. The molecule has 0 bridgehead atoms. The summed E-state index contributed by atoms with van der Waals surface area (Å²) >= 11 is 0. The van der Waals surface area contributed by atoms with E-state index in [0.29, 0.717) is 28.0 Å². The molecule has 5 aromatic rings. The molecule has 0 radical (unpaired) electrons. The number of non-ortho nitro benzene ring substituents is 1. The van der Waals surface area contributed by atoms with Crippen molar-refractivity contribution in [3.63, 3.8) is 0 Å². The first-order valence-electron chi connectivity index (χ1n) is 10.6. The van der Waals surface area contributed by atoms with E-state index >= 15 is 0 Å². The smallest absolute Gasteiger partial charge is 0.431 e. The van der Waals surface area contributed by atoms with Gasteiger partial charge in [0.05, 0.1) is 29.3 Å². The Bertz CT molecular complexity index is 1600. The minimum Gasteiger partial charge on any atom is -0.504 e. The molecule has 0 fully saturated rings. The zero-order valence-electron chi connectivity index (χ0n) is 18.7. The molecule has 0 saturated heterocycles. The predicted octanol–water partition coefficient (Wildman–Crippen LogP) is 3.97. The number of benzene rings is 3. The quantitative estimate of drug-likeness (QED) is 0.190. The fourth-order valence-corrected chi connectivity index (χ4v) is 3.86. The summed E-state index contributed by atoms with van der Waals surface area (Å²) in [7, 11) is 0.665. The van der Waals surface area contributed by atoms with Crippen molar-refractivity contribution >= 4 is 46.0 Å². The summed E-state index contributed by atoms with van der Waals surface area (Å²) in [5, 5.41) is 40.3. The molecular weight excluding hydrogens is 451 g/mol. The maximum absolute atomic E-state index is 11.3. The van der Waals surface area contributed by atoms with Gasteiger partial charge >= 0.3 is 7.05 Å². The number of ether oxygens (including phenoxy) is 1. The first-order valence-corrected chi connectivity index (χ1v) is 10.6. The van der Waals surface area contributed by atoms with Gasteiger partial charge in [-0.1, -0.05) is 12.1 Å². The van der Waals surface area contributed by atoms with Crippen LogP contribution in [0.1, 0.15) is 0 Å². The number of nitro benzene ring substituents is 1. The van der Waals surface area contributed by atoms with Gasteiger partial charge in [-0.3, -0.25) is 14.7 Å². The molecule has 3 N–H and O–H groups in total. The average Bonchev–Trinajstić information content (AvgIpc) is 3.27. The molecule has 0 aliphatic rings. The first-order chi connectivity index (χ1) is 16.8. The Hall–Kier alpha value is -4.71. The van der Waals surface area contributed by atoms with E-state index in [1.807, 2.05) is 18.2 Å². The number of aromatic hydroxyl groups is 1. The molecule has 0 atom stereocenters. The zero-order valence-corrected chi connectivity index (χ0v) is 18.7. The van der Waals surface area contributed by atoms with Crippen LogP contribution in [0.25, 0.3) is 33.2 Å². The second-order valence-electron chi connectivity index (χ2n) is 7.86. The van der Waals surface area contributed by atoms with Gasteiger partial charge in [0.2, 0.25) is 0 Å². The van der Waals surface area contributed by atoms with Crippen LogP contribution >= 0.6 is 0 Å². The van der Waals surface area contributed by atoms with Gasteiger partial charge < -0.3 is 20.2 Å². The van der Waals surface area contributed by atoms with Crippen LogP contribution in [-0.2, 0) is 0 Å². The molecule has 0 saturated carbocycles. The van der Waals surface area contributed by atoms with E-state index in [-0.39, 0.29) is 23.0 Å². The van der Waals surface area contributed by atoms with Gasteiger partial charge in [0.15, 0.2) is 17.3 Å². The van der Waals surface area contributed by atoms with Crippen molar-refractivity contribution < 1.29 is 19.8 Å². The van der Waals surface area contributed by atoms with Crippen LogP contribution in [0.5, 0.6) is 11.5 Å². The van der Waals surface area contributed by atoms with E-state index in [4.69, 9.17) is 4.74 Å². The fourth-order valence-electron chi connectivity index (χ4n) is 3.86. The highest BCUT2D eigenvalue weighted by atomic mass is 16.6. The summed E-state index contributed by atoms with van der Waals surface area (Å²) in [5.74, 6) is 0.804. The standard InChI is InChI=1S/C23H19BN6O5/c1-24(32)29-19-7-6-15(8-14(19)12-25-29)26-23-17-10-20(31)21(35-2)11-18(17)27-22(28-23)13-4-3-5-16(9-13)30(33)34/h3-12,31-32H,1-2H3,(H,26,27,28). The Kier molecular flexibility index (Phi) is 5.42. The fraction of sp³-hybridized carbons (Fsp3) is 0.0870. The number of hydrogen-bond acceptors (Lipinski definition) is 9. The van der Waals surface area contributed by atoms with Crippen LogP contribution in [0.2, 0.25) is 6.82 Å². The summed E-state index contributed by atoms with van der Waals surface area (Å²) in [6.45, 7) is 1.63. The number of fused-ring (bicyclic) bond motifs is 2. The normalized spacial score (nSPS) is 11.1. The molecule has 12 heteroatoms.